The highest BCUT2D eigenvalue weighted by Gasteiger charge is 2.50. The Morgan fingerprint density at radius 2 is 2.12 bits per heavy atom. The number of thiophene rings is 2. The Kier molecular flexibility index (Phi) is 7.91. The molecule has 2 aromatic heterocycles. The molecule has 0 aliphatic carbocycles. The normalized spacial score (nSPS) is 25.4. The summed E-state index contributed by atoms with van der Waals surface area (Å²) in [5.41, 5.74) is 2.94. The second-order valence-electron chi connectivity index (χ2n) is 8.09. The molecule has 0 saturated carbocycles. The lowest BCUT2D eigenvalue weighted by Crippen LogP contribution is -2.43. The molecule has 1 unspecified atom stereocenters. The third-order valence-electron chi connectivity index (χ3n) is 5.98. The molecule has 2 saturated heterocycles. The number of nitrogens with one attached hydrogen (secondary N) is 1. The predicted molar refractivity (Wildman–Crippen MR) is 130 cm³/mol. The van der Waals surface area contributed by atoms with Crippen LogP contribution in [0.1, 0.15) is 47.3 Å². The van der Waals surface area contributed by atoms with Gasteiger partial charge in [-0.15, -0.1) is 11.3 Å². The fourth-order valence-electron chi connectivity index (χ4n) is 4.13. The van der Waals surface area contributed by atoms with Crippen molar-refractivity contribution >= 4 is 60.3 Å². The summed E-state index contributed by atoms with van der Waals surface area (Å²) in [6.07, 6.45) is 1.85. The van der Waals surface area contributed by atoms with Crippen LogP contribution in [0.2, 0.25) is 0 Å². The first-order chi connectivity index (χ1) is 15.8. The van der Waals surface area contributed by atoms with Crippen LogP contribution < -0.4 is 5.48 Å². The molecule has 2 fully saturated rings. The molecule has 4 heterocycles. The van der Waals surface area contributed by atoms with E-state index in [1.165, 1.54) is 22.7 Å². The molecule has 0 spiro atoms. The van der Waals surface area contributed by atoms with Crippen molar-refractivity contribution in [1.29, 1.82) is 0 Å². The number of rotatable bonds is 6. The van der Waals surface area contributed by atoms with E-state index in [4.69, 9.17) is 9.57 Å². The summed E-state index contributed by atoms with van der Waals surface area (Å²) in [5.74, 6) is -0.954. The van der Waals surface area contributed by atoms with Crippen LogP contribution in [0.5, 0.6) is 0 Å². The minimum atomic E-state index is -3.78. The summed E-state index contributed by atoms with van der Waals surface area (Å²) in [7, 11) is -3.78. The van der Waals surface area contributed by atoms with Crippen LogP contribution in [-0.2, 0) is 29.0 Å². The maximum Gasteiger partial charge on any atom is 0.254 e. The van der Waals surface area contributed by atoms with Crippen molar-refractivity contribution in [3.05, 3.63) is 43.2 Å². The summed E-state index contributed by atoms with van der Waals surface area (Å²) >= 11 is 6.11. The molecule has 4 rings (SSSR count). The molecule has 2 amide bonds. The molecule has 0 radical (unpaired) electrons. The van der Waals surface area contributed by atoms with E-state index in [0.717, 1.165) is 16.6 Å². The van der Waals surface area contributed by atoms with Gasteiger partial charge >= 0.3 is 0 Å². The lowest BCUT2D eigenvalue weighted by molar-refractivity contribution is -0.200. The fourth-order valence-corrected chi connectivity index (χ4v) is 8.75. The Hall–Kier alpha value is -1.31. The SMILES string of the molecule is O=C(C[C@]1(c2ccc(Br)s2)CCN(C(=O)c2ccsc2)CCS1(=O)=O)NOC1CCCCO1. The van der Waals surface area contributed by atoms with Crippen molar-refractivity contribution < 1.29 is 27.6 Å². The van der Waals surface area contributed by atoms with Gasteiger partial charge in [0.1, 0.15) is 4.75 Å². The molecule has 0 aromatic carbocycles. The summed E-state index contributed by atoms with van der Waals surface area (Å²) in [6.45, 7) is 0.874. The lowest BCUT2D eigenvalue weighted by Gasteiger charge is -2.31. The van der Waals surface area contributed by atoms with Gasteiger partial charge in [0, 0.05) is 36.4 Å². The van der Waals surface area contributed by atoms with E-state index in [-0.39, 0.29) is 37.6 Å². The van der Waals surface area contributed by atoms with E-state index in [1.807, 2.05) is 5.38 Å². The summed E-state index contributed by atoms with van der Waals surface area (Å²) in [5, 5.41) is 3.57. The number of carbonyl (C=O) groups excluding carboxylic acids is 2. The number of amides is 2. The molecule has 0 bridgehead atoms. The van der Waals surface area contributed by atoms with Gasteiger partial charge in [-0.2, -0.15) is 11.3 Å². The number of carbonyl (C=O) groups is 2. The molecule has 2 aromatic rings. The van der Waals surface area contributed by atoms with Crippen LogP contribution in [0.25, 0.3) is 0 Å². The Labute approximate surface area is 209 Å². The zero-order chi connectivity index (χ0) is 23.5. The maximum atomic E-state index is 13.6. The van der Waals surface area contributed by atoms with Crippen molar-refractivity contribution in [1.82, 2.24) is 10.4 Å². The highest BCUT2D eigenvalue weighted by Crippen LogP contribution is 2.44. The predicted octanol–water partition coefficient (Wildman–Crippen LogP) is 3.69. The Bertz CT molecular complexity index is 1080. The second kappa shape index (κ2) is 10.5. The van der Waals surface area contributed by atoms with Gasteiger partial charge in [0.15, 0.2) is 16.1 Å². The van der Waals surface area contributed by atoms with E-state index in [0.29, 0.717) is 23.5 Å². The summed E-state index contributed by atoms with van der Waals surface area (Å²) < 4.78 is 32.1. The highest BCUT2D eigenvalue weighted by molar-refractivity contribution is 9.11. The molecular weight excluding hydrogens is 552 g/mol. The molecule has 2 atom stereocenters. The zero-order valence-electron chi connectivity index (χ0n) is 17.8. The van der Waals surface area contributed by atoms with Crippen molar-refractivity contribution in [2.24, 2.45) is 0 Å². The molecule has 2 aliphatic rings. The van der Waals surface area contributed by atoms with Crippen molar-refractivity contribution in [2.45, 2.75) is 43.1 Å². The van der Waals surface area contributed by atoms with Gasteiger partial charge < -0.3 is 9.64 Å². The summed E-state index contributed by atoms with van der Waals surface area (Å²) in [6, 6.07) is 5.25. The molecule has 33 heavy (non-hydrogen) atoms. The molecule has 2 aliphatic heterocycles. The standard InChI is InChI=1S/C21H25BrN2O6S3/c22-17-5-4-16(32-17)21(13-18(25)23-30-19-3-1-2-10-29-19)7-8-24(9-12-33(21,27)28)20(26)15-6-11-31-14-15/h4-6,11,14,19H,1-3,7-10,12-13H2,(H,23,25)/t19?,21-/m0/s1. The average Bonchev–Trinajstić information content (AvgIpc) is 3.47. The third kappa shape index (κ3) is 5.51. The number of nitrogens with zero attached hydrogens (tertiary/aromatic N) is 1. The van der Waals surface area contributed by atoms with Crippen LogP contribution >= 0.6 is 38.6 Å². The molecule has 180 valence electrons. The topological polar surface area (TPSA) is 102 Å². The van der Waals surface area contributed by atoms with Gasteiger partial charge in [0.2, 0.25) is 5.91 Å². The zero-order valence-corrected chi connectivity index (χ0v) is 21.9. The molecule has 1 N–H and O–H groups in total. The number of sulfone groups is 1. The van der Waals surface area contributed by atoms with Crippen LogP contribution in [0.4, 0.5) is 0 Å². The van der Waals surface area contributed by atoms with Crippen molar-refractivity contribution in [3.63, 3.8) is 0 Å². The number of ether oxygens (including phenoxy) is 1. The van der Waals surface area contributed by atoms with Gasteiger partial charge in [-0.25, -0.2) is 18.7 Å². The first-order valence-electron chi connectivity index (χ1n) is 10.7. The van der Waals surface area contributed by atoms with Crippen LogP contribution in [0, 0.1) is 0 Å². The Balaban J connectivity index is 1.57. The Morgan fingerprint density at radius 1 is 1.27 bits per heavy atom. The molecule has 12 heteroatoms. The number of hydrogen-bond acceptors (Lipinski definition) is 8. The lowest BCUT2D eigenvalue weighted by atomic mass is 9.97. The number of hydrogen-bond donors (Lipinski definition) is 1. The monoisotopic (exact) mass is 576 g/mol. The smallest absolute Gasteiger partial charge is 0.254 e. The van der Waals surface area contributed by atoms with E-state index < -0.39 is 26.8 Å². The van der Waals surface area contributed by atoms with E-state index in [9.17, 15) is 18.0 Å². The van der Waals surface area contributed by atoms with Crippen molar-refractivity contribution in [3.8, 4) is 0 Å². The van der Waals surface area contributed by atoms with Gasteiger partial charge in [-0.1, -0.05) is 0 Å². The average molecular weight is 578 g/mol. The van der Waals surface area contributed by atoms with Crippen LogP contribution in [0.3, 0.4) is 0 Å². The fraction of sp³-hybridized carbons (Fsp3) is 0.524. The molecular formula is C21H25BrN2O6S3. The van der Waals surface area contributed by atoms with Gasteiger partial charge in [0.25, 0.3) is 5.91 Å². The van der Waals surface area contributed by atoms with Gasteiger partial charge in [-0.3, -0.25) is 9.59 Å². The van der Waals surface area contributed by atoms with E-state index in [2.05, 4.69) is 21.4 Å². The summed E-state index contributed by atoms with van der Waals surface area (Å²) in [4.78, 5) is 33.3. The number of halogens is 1. The maximum absolute atomic E-state index is 13.6. The largest absolute Gasteiger partial charge is 0.350 e. The molecule has 8 nitrogen and oxygen atoms in total. The Morgan fingerprint density at radius 3 is 2.79 bits per heavy atom. The van der Waals surface area contributed by atoms with Crippen LogP contribution in [-0.4, -0.2) is 56.9 Å². The first-order valence-corrected chi connectivity index (χ1v) is 14.9. The van der Waals surface area contributed by atoms with Crippen LogP contribution in [0.15, 0.2) is 32.7 Å². The quantitative estimate of drug-likeness (QED) is 0.526. The van der Waals surface area contributed by atoms with Gasteiger partial charge in [0.05, 0.1) is 21.5 Å². The second-order valence-corrected chi connectivity index (χ2v) is 13.7. The third-order valence-corrected chi connectivity index (χ3v) is 11.1. The van der Waals surface area contributed by atoms with E-state index >= 15 is 0 Å². The minimum Gasteiger partial charge on any atom is -0.350 e. The van der Waals surface area contributed by atoms with E-state index in [1.54, 1.807) is 28.5 Å². The highest BCUT2D eigenvalue weighted by atomic mass is 79.9. The minimum absolute atomic E-state index is 0.0827. The van der Waals surface area contributed by atoms with Gasteiger partial charge in [-0.05, 0) is 58.8 Å². The first kappa shape index (κ1) is 24.8. The number of hydroxylamine groups is 1. The van der Waals surface area contributed by atoms with Crippen molar-refractivity contribution in [2.75, 3.05) is 25.4 Å².